The second kappa shape index (κ2) is 11.5. The molecule has 0 aromatic heterocycles. The molecule has 2 aromatic rings. The summed E-state index contributed by atoms with van der Waals surface area (Å²) < 4.78 is 11.3. The van der Waals surface area contributed by atoms with Crippen LogP contribution in [0.5, 0.6) is 11.5 Å². The summed E-state index contributed by atoms with van der Waals surface area (Å²) >= 11 is 0. The number of carboxylic acids is 1. The Hall–Kier alpha value is -3.28. The molecule has 0 saturated carbocycles. The molecule has 2 N–H and O–H groups in total. The lowest BCUT2D eigenvalue weighted by molar-refractivity contribution is -0.132. The molecule has 33 heavy (non-hydrogen) atoms. The molecule has 0 saturated heterocycles. The van der Waals surface area contributed by atoms with Gasteiger partial charge in [0.2, 0.25) is 5.91 Å². The van der Waals surface area contributed by atoms with Gasteiger partial charge in [-0.3, -0.25) is 4.79 Å². The minimum atomic E-state index is -0.919. The monoisotopic (exact) mass is 453 g/mol. The molecule has 0 unspecified atom stereocenters. The minimum absolute atomic E-state index is 0.0675. The number of carboxylic acid groups (broad SMARTS) is 1. The fraction of sp³-hybridized carbons (Fsp3) is 0.407. The average molecular weight is 454 g/mol. The molecule has 0 aliphatic carbocycles. The number of hydrogen-bond donors (Lipinski definition) is 2. The molecule has 6 heteroatoms. The molecule has 0 aliphatic heterocycles. The molecule has 1 amide bonds. The van der Waals surface area contributed by atoms with Crippen molar-refractivity contribution in [2.75, 3.05) is 19.0 Å². The lowest BCUT2D eigenvalue weighted by Crippen LogP contribution is -2.31. The average Bonchev–Trinajstić information content (AvgIpc) is 2.77. The van der Waals surface area contributed by atoms with Crippen molar-refractivity contribution < 1.29 is 24.2 Å². The zero-order valence-electron chi connectivity index (χ0n) is 20.5. The third kappa shape index (κ3) is 7.38. The summed E-state index contributed by atoms with van der Waals surface area (Å²) in [6.07, 6.45) is 3.50. The van der Waals surface area contributed by atoms with Gasteiger partial charge >= 0.3 is 5.97 Å². The van der Waals surface area contributed by atoms with E-state index in [4.69, 9.17) is 14.6 Å². The standard InChI is InChI=1S/C27H35NO5/c1-7-21(25(29)30)17-20-9-11-22(12-10-20)28-26(31)27(4,5)13-8-14-33-24-16-18(2)23(32-6)15-19(24)3/h9-12,15-17H,7-8,13-14H2,1-6H3,(H,28,31)(H,29,30). The number of anilines is 1. The molecule has 0 aliphatic rings. The van der Waals surface area contributed by atoms with Crippen LogP contribution in [0.1, 0.15) is 56.7 Å². The Labute approximate surface area is 196 Å². The van der Waals surface area contributed by atoms with Crippen molar-refractivity contribution in [2.24, 2.45) is 5.41 Å². The highest BCUT2D eigenvalue weighted by atomic mass is 16.5. The molecule has 0 spiro atoms. The largest absolute Gasteiger partial charge is 0.496 e. The molecule has 0 atom stereocenters. The van der Waals surface area contributed by atoms with Gasteiger partial charge in [0, 0.05) is 16.7 Å². The van der Waals surface area contributed by atoms with Gasteiger partial charge in [-0.05, 0) is 80.1 Å². The maximum atomic E-state index is 12.8. The summed E-state index contributed by atoms with van der Waals surface area (Å²) in [7, 11) is 1.66. The van der Waals surface area contributed by atoms with E-state index >= 15 is 0 Å². The quantitative estimate of drug-likeness (QED) is 0.321. The minimum Gasteiger partial charge on any atom is -0.496 e. The van der Waals surface area contributed by atoms with Crippen LogP contribution in [0, 0.1) is 19.3 Å². The van der Waals surface area contributed by atoms with E-state index in [0.717, 1.165) is 34.6 Å². The Morgan fingerprint density at radius 3 is 2.24 bits per heavy atom. The Bertz CT molecular complexity index is 1010. The molecule has 0 radical (unpaired) electrons. The Kier molecular flexibility index (Phi) is 9.09. The summed E-state index contributed by atoms with van der Waals surface area (Å²) in [5.41, 5.74) is 3.28. The van der Waals surface area contributed by atoms with Gasteiger partial charge in [0.15, 0.2) is 0 Å². The summed E-state index contributed by atoms with van der Waals surface area (Å²) in [6, 6.07) is 11.1. The normalized spacial score (nSPS) is 11.8. The van der Waals surface area contributed by atoms with Crippen molar-refractivity contribution in [3.8, 4) is 11.5 Å². The smallest absolute Gasteiger partial charge is 0.331 e. The molecule has 178 valence electrons. The molecule has 0 heterocycles. The van der Waals surface area contributed by atoms with E-state index in [2.05, 4.69) is 5.32 Å². The van der Waals surface area contributed by atoms with Crippen LogP contribution in [-0.4, -0.2) is 30.7 Å². The van der Waals surface area contributed by atoms with Crippen LogP contribution in [0.15, 0.2) is 42.0 Å². The molecule has 2 rings (SSSR count). The third-order valence-corrected chi connectivity index (χ3v) is 5.68. The highest BCUT2D eigenvalue weighted by Crippen LogP contribution is 2.29. The van der Waals surface area contributed by atoms with Gasteiger partial charge in [0.1, 0.15) is 11.5 Å². The van der Waals surface area contributed by atoms with Crippen LogP contribution in [0.2, 0.25) is 0 Å². The molecular weight excluding hydrogens is 418 g/mol. The van der Waals surface area contributed by atoms with Gasteiger partial charge in [-0.2, -0.15) is 0 Å². The lowest BCUT2D eigenvalue weighted by atomic mass is 9.87. The van der Waals surface area contributed by atoms with E-state index in [1.807, 2.05) is 39.8 Å². The maximum Gasteiger partial charge on any atom is 0.331 e. The number of carbonyl (C=O) groups excluding carboxylic acids is 1. The molecule has 2 aromatic carbocycles. The van der Waals surface area contributed by atoms with Crippen molar-refractivity contribution in [2.45, 2.75) is 53.9 Å². The number of aryl methyl sites for hydroxylation is 2. The van der Waals surface area contributed by atoms with Crippen LogP contribution in [0.3, 0.4) is 0 Å². The van der Waals surface area contributed by atoms with Crippen LogP contribution in [0.25, 0.3) is 6.08 Å². The second-order valence-corrected chi connectivity index (χ2v) is 8.83. The van der Waals surface area contributed by atoms with E-state index in [0.29, 0.717) is 30.7 Å². The van der Waals surface area contributed by atoms with E-state index in [9.17, 15) is 9.59 Å². The van der Waals surface area contributed by atoms with Crippen molar-refractivity contribution >= 4 is 23.6 Å². The SMILES string of the molecule is CCC(=Cc1ccc(NC(=O)C(C)(C)CCCOc2cc(C)c(OC)cc2C)cc1)C(=O)O. The zero-order valence-corrected chi connectivity index (χ0v) is 20.5. The van der Waals surface area contributed by atoms with Crippen LogP contribution < -0.4 is 14.8 Å². The Morgan fingerprint density at radius 2 is 1.67 bits per heavy atom. The predicted octanol–water partition coefficient (Wildman–Crippen LogP) is 6.01. The van der Waals surface area contributed by atoms with E-state index in [-0.39, 0.29) is 5.91 Å². The van der Waals surface area contributed by atoms with E-state index < -0.39 is 11.4 Å². The number of amides is 1. The number of hydrogen-bond acceptors (Lipinski definition) is 4. The first-order chi connectivity index (χ1) is 15.6. The lowest BCUT2D eigenvalue weighted by Gasteiger charge is -2.24. The van der Waals surface area contributed by atoms with Crippen molar-refractivity contribution in [1.29, 1.82) is 0 Å². The maximum absolute atomic E-state index is 12.8. The number of carbonyl (C=O) groups is 2. The first-order valence-corrected chi connectivity index (χ1v) is 11.2. The van der Waals surface area contributed by atoms with Gasteiger partial charge in [0.05, 0.1) is 13.7 Å². The number of rotatable bonds is 11. The number of aliphatic carboxylic acids is 1. The summed E-state index contributed by atoms with van der Waals surface area (Å²) in [5.74, 6) is 0.688. The van der Waals surface area contributed by atoms with E-state index in [1.54, 1.807) is 44.4 Å². The third-order valence-electron chi connectivity index (χ3n) is 5.68. The molecule has 0 fully saturated rings. The summed E-state index contributed by atoms with van der Waals surface area (Å²) in [6.45, 7) is 10.1. The van der Waals surface area contributed by atoms with Gasteiger partial charge < -0.3 is 19.9 Å². The van der Waals surface area contributed by atoms with E-state index in [1.165, 1.54) is 0 Å². The van der Waals surface area contributed by atoms with Crippen LogP contribution >= 0.6 is 0 Å². The first-order valence-electron chi connectivity index (χ1n) is 11.2. The van der Waals surface area contributed by atoms with Gasteiger partial charge in [0.25, 0.3) is 0 Å². The topological polar surface area (TPSA) is 84.9 Å². The van der Waals surface area contributed by atoms with Gasteiger partial charge in [-0.25, -0.2) is 4.79 Å². The van der Waals surface area contributed by atoms with Crippen molar-refractivity contribution in [3.05, 3.63) is 58.7 Å². The number of ether oxygens (including phenoxy) is 2. The van der Waals surface area contributed by atoms with Crippen LogP contribution in [-0.2, 0) is 9.59 Å². The summed E-state index contributed by atoms with van der Waals surface area (Å²) in [4.78, 5) is 24.0. The van der Waals surface area contributed by atoms with Crippen molar-refractivity contribution in [1.82, 2.24) is 0 Å². The first kappa shape index (κ1) is 26.0. The van der Waals surface area contributed by atoms with Gasteiger partial charge in [-0.1, -0.05) is 32.9 Å². The molecule has 0 bridgehead atoms. The predicted molar refractivity (Wildman–Crippen MR) is 132 cm³/mol. The fourth-order valence-corrected chi connectivity index (χ4v) is 3.43. The Balaban J connectivity index is 1.89. The fourth-order valence-electron chi connectivity index (χ4n) is 3.43. The zero-order chi connectivity index (χ0) is 24.6. The molecular formula is C27H35NO5. The van der Waals surface area contributed by atoms with Crippen LogP contribution in [0.4, 0.5) is 5.69 Å². The van der Waals surface area contributed by atoms with Gasteiger partial charge in [-0.15, -0.1) is 0 Å². The number of methoxy groups -OCH3 is 1. The number of benzene rings is 2. The van der Waals surface area contributed by atoms with Crippen molar-refractivity contribution in [3.63, 3.8) is 0 Å². The highest BCUT2D eigenvalue weighted by Gasteiger charge is 2.27. The molecule has 6 nitrogen and oxygen atoms in total. The summed E-state index contributed by atoms with van der Waals surface area (Å²) in [5, 5.41) is 12.1. The number of nitrogens with one attached hydrogen (secondary N) is 1. The highest BCUT2D eigenvalue weighted by molar-refractivity contribution is 5.95. The Morgan fingerprint density at radius 1 is 1.06 bits per heavy atom. The second-order valence-electron chi connectivity index (χ2n) is 8.83.